The molecule has 0 spiro atoms. The van der Waals surface area contributed by atoms with Crippen LogP contribution in [0.5, 0.6) is 0 Å². The molecular weight excluding hydrogens is 506 g/mol. The number of carboxylic acids is 2. The van der Waals surface area contributed by atoms with Crippen molar-refractivity contribution in [2.24, 2.45) is 11.5 Å². The van der Waals surface area contributed by atoms with E-state index in [-0.39, 0.29) is 19.3 Å². The molecule has 14 heteroatoms. The largest absolute Gasteiger partial charge is 0.481 e. The maximum absolute atomic E-state index is 12.9. The molecule has 0 fully saturated rings. The van der Waals surface area contributed by atoms with Crippen LogP contribution in [0, 0.1) is 0 Å². The van der Waals surface area contributed by atoms with Crippen LogP contribution in [0.25, 0.3) is 0 Å². The van der Waals surface area contributed by atoms with E-state index in [2.05, 4.69) is 16.0 Å². The molecule has 0 bridgehead atoms. The summed E-state index contributed by atoms with van der Waals surface area (Å²) in [5.74, 6) is -5.71. The average molecular weight is 540 g/mol. The van der Waals surface area contributed by atoms with Crippen LogP contribution in [0.2, 0.25) is 0 Å². The summed E-state index contributed by atoms with van der Waals surface area (Å²) in [7, 11) is 0. The molecule has 13 nitrogen and oxygen atoms in total. The Balaban J connectivity index is 2.98. The van der Waals surface area contributed by atoms with Crippen LogP contribution in [0.15, 0.2) is 30.3 Å². The van der Waals surface area contributed by atoms with E-state index in [1.54, 1.807) is 36.6 Å². The number of nitrogens with one attached hydrogen (secondary N) is 3. The normalized spacial score (nSPS) is 13.9. The Morgan fingerprint density at radius 3 is 1.97 bits per heavy atom. The van der Waals surface area contributed by atoms with Gasteiger partial charge in [-0.1, -0.05) is 30.3 Å². The van der Waals surface area contributed by atoms with Crippen LogP contribution < -0.4 is 27.4 Å². The molecule has 0 aliphatic heterocycles. The number of hydrogen-bond acceptors (Lipinski definition) is 8. The lowest BCUT2D eigenvalue weighted by molar-refractivity contribution is -0.142. The van der Waals surface area contributed by atoms with Gasteiger partial charge in [0.15, 0.2) is 0 Å². The molecule has 37 heavy (non-hydrogen) atoms. The van der Waals surface area contributed by atoms with Gasteiger partial charge in [0, 0.05) is 6.42 Å². The molecule has 1 rings (SSSR count). The predicted octanol–water partition coefficient (Wildman–Crippen LogP) is -1.41. The van der Waals surface area contributed by atoms with Gasteiger partial charge in [-0.2, -0.15) is 11.8 Å². The lowest BCUT2D eigenvalue weighted by atomic mass is 10.0. The minimum Gasteiger partial charge on any atom is -0.481 e. The third-order valence-electron chi connectivity index (χ3n) is 5.18. The second-order valence-electron chi connectivity index (χ2n) is 8.20. The zero-order valence-electron chi connectivity index (χ0n) is 20.3. The van der Waals surface area contributed by atoms with Crippen molar-refractivity contribution in [1.29, 1.82) is 0 Å². The quantitative estimate of drug-likeness (QED) is 0.122. The second kappa shape index (κ2) is 16.2. The average Bonchev–Trinajstić information content (AvgIpc) is 2.83. The Morgan fingerprint density at radius 1 is 0.865 bits per heavy atom. The zero-order chi connectivity index (χ0) is 28.0. The van der Waals surface area contributed by atoms with Gasteiger partial charge in [-0.25, -0.2) is 4.79 Å². The number of carboxylic acid groups (broad SMARTS) is 2. The molecule has 0 radical (unpaired) electrons. The molecule has 0 aliphatic carbocycles. The smallest absolute Gasteiger partial charge is 0.326 e. The number of primary amides is 1. The van der Waals surface area contributed by atoms with Gasteiger partial charge in [0.05, 0.1) is 12.5 Å². The first-order valence-electron chi connectivity index (χ1n) is 11.4. The topological polar surface area (TPSA) is 231 Å². The highest BCUT2D eigenvalue weighted by molar-refractivity contribution is 7.98. The van der Waals surface area contributed by atoms with E-state index in [4.69, 9.17) is 16.6 Å². The van der Waals surface area contributed by atoms with E-state index in [1.165, 1.54) is 11.8 Å². The number of amides is 4. The molecule has 0 aromatic heterocycles. The van der Waals surface area contributed by atoms with Crippen molar-refractivity contribution >= 4 is 47.3 Å². The minimum absolute atomic E-state index is 0.0933. The fraction of sp³-hybridized carbons (Fsp3) is 0.478. The van der Waals surface area contributed by atoms with Crippen molar-refractivity contribution in [3.63, 3.8) is 0 Å². The maximum Gasteiger partial charge on any atom is 0.326 e. The van der Waals surface area contributed by atoms with E-state index in [0.29, 0.717) is 5.75 Å². The molecule has 0 aliphatic rings. The Labute approximate surface area is 218 Å². The first kappa shape index (κ1) is 31.4. The fourth-order valence-corrected chi connectivity index (χ4v) is 3.70. The highest BCUT2D eigenvalue weighted by Crippen LogP contribution is 2.06. The van der Waals surface area contributed by atoms with Crippen LogP contribution in [0.1, 0.15) is 31.2 Å². The Kier molecular flexibility index (Phi) is 13.7. The molecule has 4 atom stereocenters. The number of aliphatic carboxylic acids is 2. The summed E-state index contributed by atoms with van der Waals surface area (Å²) in [4.78, 5) is 72.4. The van der Waals surface area contributed by atoms with Gasteiger partial charge in [0.2, 0.25) is 23.6 Å². The summed E-state index contributed by atoms with van der Waals surface area (Å²) in [6.45, 7) is 0. The first-order chi connectivity index (χ1) is 17.4. The van der Waals surface area contributed by atoms with Crippen LogP contribution >= 0.6 is 11.8 Å². The van der Waals surface area contributed by atoms with Crippen LogP contribution in [-0.4, -0.2) is 82.0 Å². The molecule has 4 unspecified atom stereocenters. The number of thioether (sulfide) groups is 1. The Morgan fingerprint density at radius 2 is 1.43 bits per heavy atom. The molecule has 4 amide bonds. The third kappa shape index (κ3) is 12.2. The van der Waals surface area contributed by atoms with E-state index < -0.39 is 72.6 Å². The number of hydrogen-bond donors (Lipinski definition) is 7. The fourth-order valence-electron chi connectivity index (χ4n) is 3.22. The molecule has 0 saturated heterocycles. The SMILES string of the molecule is CSCCC(NC(=O)C(CC(N)=O)NC(=O)C(CCC(=O)O)NC(=O)C(N)Cc1ccccc1)C(=O)O. The zero-order valence-corrected chi connectivity index (χ0v) is 21.2. The predicted molar refractivity (Wildman–Crippen MR) is 135 cm³/mol. The van der Waals surface area contributed by atoms with Gasteiger partial charge in [-0.3, -0.25) is 24.0 Å². The summed E-state index contributed by atoms with van der Waals surface area (Å²) in [5, 5.41) is 25.3. The van der Waals surface area contributed by atoms with Gasteiger partial charge < -0.3 is 37.6 Å². The second-order valence-corrected chi connectivity index (χ2v) is 9.19. The van der Waals surface area contributed by atoms with Crippen molar-refractivity contribution in [3.8, 4) is 0 Å². The monoisotopic (exact) mass is 539 g/mol. The van der Waals surface area contributed by atoms with E-state index >= 15 is 0 Å². The van der Waals surface area contributed by atoms with Crippen molar-refractivity contribution < 1.29 is 39.0 Å². The molecule has 9 N–H and O–H groups in total. The molecule has 1 aromatic carbocycles. The lowest BCUT2D eigenvalue weighted by Gasteiger charge is -2.24. The molecule has 0 saturated carbocycles. The number of nitrogens with two attached hydrogens (primary N) is 2. The number of benzene rings is 1. The molecule has 1 aromatic rings. The number of carbonyl (C=O) groups excluding carboxylic acids is 4. The first-order valence-corrected chi connectivity index (χ1v) is 12.8. The summed E-state index contributed by atoms with van der Waals surface area (Å²) in [6, 6.07) is 3.57. The number of carbonyl (C=O) groups is 6. The number of rotatable bonds is 17. The summed E-state index contributed by atoms with van der Waals surface area (Å²) in [5.41, 5.74) is 11.9. The standard InChI is InChI=1S/C23H33N5O8S/c1-37-10-9-16(23(35)36)27-22(34)17(12-18(25)29)28-21(33)15(7-8-19(30)31)26-20(32)14(24)11-13-5-3-2-4-6-13/h2-6,14-17H,7-12,24H2,1H3,(H2,25,29)(H,26,32)(H,27,34)(H,28,33)(H,30,31)(H,35,36). The maximum atomic E-state index is 12.9. The van der Waals surface area contributed by atoms with Crippen LogP contribution in [0.3, 0.4) is 0 Å². The van der Waals surface area contributed by atoms with Crippen molar-refractivity contribution in [1.82, 2.24) is 16.0 Å². The van der Waals surface area contributed by atoms with Gasteiger partial charge in [-0.15, -0.1) is 0 Å². The summed E-state index contributed by atoms with van der Waals surface area (Å²) < 4.78 is 0. The lowest BCUT2D eigenvalue weighted by Crippen LogP contribution is -2.58. The minimum atomic E-state index is -1.55. The van der Waals surface area contributed by atoms with Crippen molar-refractivity contribution in [2.45, 2.75) is 56.3 Å². The van der Waals surface area contributed by atoms with E-state index in [0.717, 1.165) is 5.56 Å². The van der Waals surface area contributed by atoms with Gasteiger partial charge in [0.25, 0.3) is 0 Å². The summed E-state index contributed by atoms with van der Waals surface area (Å²) in [6.07, 6.45) is 0.527. The van der Waals surface area contributed by atoms with Crippen LogP contribution in [0.4, 0.5) is 0 Å². The van der Waals surface area contributed by atoms with Crippen molar-refractivity contribution in [3.05, 3.63) is 35.9 Å². The Hall–Kier alpha value is -3.65. The van der Waals surface area contributed by atoms with E-state index in [9.17, 15) is 33.9 Å². The van der Waals surface area contributed by atoms with Gasteiger partial charge in [-0.05, 0) is 36.8 Å². The van der Waals surface area contributed by atoms with E-state index in [1.807, 2.05) is 0 Å². The molecule has 0 heterocycles. The third-order valence-corrected chi connectivity index (χ3v) is 5.82. The van der Waals surface area contributed by atoms with Crippen molar-refractivity contribution in [2.75, 3.05) is 12.0 Å². The van der Waals surface area contributed by atoms with Gasteiger partial charge in [0.1, 0.15) is 18.1 Å². The van der Waals surface area contributed by atoms with Crippen LogP contribution in [-0.2, 0) is 35.2 Å². The molecular formula is C23H33N5O8S. The highest BCUT2D eigenvalue weighted by Gasteiger charge is 2.31. The Bertz CT molecular complexity index is 962. The highest BCUT2D eigenvalue weighted by atomic mass is 32.2. The van der Waals surface area contributed by atoms with Gasteiger partial charge >= 0.3 is 11.9 Å². The molecule has 204 valence electrons. The summed E-state index contributed by atoms with van der Waals surface area (Å²) >= 11 is 1.37.